The van der Waals surface area contributed by atoms with Gasteiger partial charge >= 0.3 is 0 Å². The molecular weight excluding hydrogens is 577 g/mol. The molecule has 0 spiro atoms. The van der Waals surface area contributed by atoms with Gasteiger partial charge in [-0.1, -0.05) is 109 Å². The predicted molar refractivity (Wildman–Crippen MR) is 196 cm³/mol. The summed E-state index contributed by atoms with van der Waals surface area (Å²) in [6.07, 6.45) is 6.50. The maximum atomic E-state index is 5.31. The Kier molecular flexibility index (Phi) is 6.50. The number of hydrogen-bond acceptors (Lipinski definition) is 2. The van der Waals surface area contributed by atoms with E-state index < -0.39 is 0 Å². The molecule has 0 N–H and O–H groups in total. The van der Waals surface area contributed by atoms with E-state index in [9.17, 15) is 0 Å². The van der Waals surface area contributed by atoms with E-state index in [0.717, 1.165) is 29.9 Å². The number of aromatic nitrogens is 2. The first kappa shape index (κ1) is 26.9. The van der Waals surface area contributed by atoms with Crippen molar-refractivity contribution in [1.82, 2.24) is 9.55 Å². The highest BCUT2D eigenvalue weighted by atomic mass is 32.1. The number of rotatable bonds is 5. The summed E-state index contributed by atoms with van der Waals surface area (Å²) < 4.78 is 4.92. The molecule has 0 saturated carbocycles. The summed E-state index contributed by atoms with van der Waals surface area (Å²) in [5, 5.41) is 2.61. The topological polar surface area (TPSA) is 17.8 Å². The fourth-order valence-corrected chi connectivity index (χ4v) is 8.04. The lowest BCUT2D eigenvalue weighted by Gasteiger charge is -2.14. The van der Waals surface area contributed by atoms with Crippen LogP contribution in [0.5, 0.6) is 0 Å². The maximum Gasteiger partial charge on any atom is 0.145 e. The van der Waals surface area contributed by atoms with Crippen LogP contribution in [0.1, 0.15) is 17.8 Å². The summed E-state index contributed by atoms with van der Waals surface area (Å²) >= 11 is 1.86. The van der Waals surface area contributed by atoms with E-state index in [1.54, 1.807) is 0 Å². The van der Waals surface area contributed by atoms with Gasteiger partial charge < -0.3 is 0 Å². The molecule has 0 atom stereocenters. The lowest BCUT2D eigenvalue weighted by Crippen LogP contribution is -2.01. The number of imidazole rings is 1. The summed E-state index contributed by atoms with van der Waals surface area (Å²) in [4.78, 5) is 5.31. The van der Waals surface area contributed by atoms with Crippen LogP contribution in [0.3, 0.4) is 0 Å². The van der Waals surface area contributed by atoms with E-state index in [0.29, 0.717) is 0 Å². The molecule has 1 aliphatic rings. The van der Waals surface area contributed by atoms with Crippen molar-refractivity contribution in [2.45, 2.75) is 12.8 Å². The average molecular weight is 607 g/mol. The van der Waals surface area contributed by atoms with Crippen molar-refractivity contribution in [3.63, 3.8) is 0 Å². The van der Waals surface area contributed by atoms with Crippen molar-refractivity contribution in [1.29, 1.82) is 0 Å². The quantitative estimate of drug-likeness (QED) is 0.191. The van der Waals surface area contributed by atoms with Crippen molar-refractivity contribution < 1.29 is 0 Å². The van der Waals surface area contributed by atoms with Gasteiger partial charge in [-0.2, -0.15) is 0 Å². The van der Waals surface area contributed by atoms with Crippen LogP contribution in [0.2, 0.25) is 0 Å². The number of allylic oxidation sites excluding steroid dienone is 1. The summed E-state index contributed by atoms with van der Waals surface area (Å²) in [6.45, 7) is 0. The van der Waals surface area contributed by atoms with Gasteiger partial charge in [-0.25, -0.2) is 4.98 Å². The third-order valence-corrected chi connectivity index (χ3v) is 10.2. The van der Waals surface area contributed by atoms with Crippen LogP contribution in [-0.2, 0) is 6.42 Å². The number of hydrogen-bond donors (Lipinski definition) is 0. The van der Waals surface area contributed by atoms with E-state index in [1.807, 2.05) is 11.3 Å². The molecule has 0 fully saturated rings. The minimum atomic E-state index is 0.959. The van der Waals surface area contributed by atoms with Crippen LogP contribution in [0.25, 0.3) is 76.7 Å². The minimum Gasteiger partial charge on any atom is -0.293 e. The first-order valence-electron chi connectivity index (χ1n) is 15.9. The molecular formula is C43H30N2S. The molecule has 0 radical (unpaired) electrons. The monoisotopic (exact) mass is 606 g/mol. The SMILES string of the molecule is C1=Cc2c(nc(-c3cc(-c4cccc(-c5cccc(-c6ccccc6)c5)c4)c4c(c3)sc3ccccc34)n2-c2ccccc2)CC1. The Morgan fingerprint density at radius 3 is 2.00 bits per heavy atom. The molecule has 9 rings (SSSR count). The Morgan fingerprint density at radius 2 is 1.20 bits per heavy atom. The summed E-state index contributed by atoms with van der Waals surface area (Å²) in [6, 6.07) is 52.7. The Bertz CT molecular complexity index is 2410. The van der Waals surface area contributed by atoms with E-state index >= 15 is 0 Å². The summed E-state index contributed by atoms with van der Waals surface area (Å²) in [7, 11) is 0. The van der Waals surface area contributed by atoms with E-state index in [-0.39, 0.29) is 0 Å². The lowest BCUT2D eigenvalue weighted by molar-refractivity contribution is 0.936. The highest BCUT2D eigenvalue weighted by molar-refractivity contribution is 7.26. The van der Waals surface area contributed by atoms with Crippen molar-refractivity contribution in [2.24, 2.45) is 0 Å². The Hall–Kier alpha value is -5.51. The van der Waals surface area contributed by atoms with Gasteiger partial charge in [0.1, 0.15) is 5.82 Å². The second-order valence-corrected chi connectivity index (χ2v) is 13.0. The molecule has 0 unspecified atom stereocenters. The molecule has 1 aliphatic carbocycles. The van der Waals surface area contributed by atoms with Gasteiger partial charge in [0.2, 0.25) is 0 Å². The fourth-order valence-electron chi connectivity index (χ4n) is 6.87. The summed E-state index contributed by atoms with van der Waals surface area (Å²) in [5.41, 5.74) is 11.9. The largest absolute Gasteiger partial charge is 0.293 e. The number of fused-ring (bicyclic) bond motifs is 4. The Morgan fingerprint density at radius 1 is 0.543 bits per heavy atom. The third-order valence-electron chi connectivity index (χ3n) is 9.04. The van der Waals surface area contributed by atoms with E-state index in [4.69, 9.17) is 4.98 Å². The molecule has 0 bridgehead atoms. The molecule has 0 aliphatic heterocycles. The first-order chi connectivity index (χ1) is 22.8. The van der Waals surface area contributed by atoms with Crippen LogP contribution in [0.4, 0.5) is 0 Å². The molecule has 2 nitrogen and oxygen atoms in total. The minimum absolute atomic E-state index is 0.959. The van der Waals surface area contributed by atoms with Crippen molar-refractivity contribution >= 4 is 37.6 Å². The highest BCUT2D eigenvalue weighted by Crippen LogP contribution is 2.44. The summed E-state index contributed by atoms with van der Waals surface area (Å²) in [5.74, 6) is 0.995. The highest BCUT2D eigenvalue weighted by Gasteiger charge is 2.22. The number of nitrogens with zero attached hydrogens (tertiary/aromatic N) is 2. The van der Waals surface area contributed by atoms with Gasteiger partial charge in [0.25, 0.3) is 0 Å². The Balaban J connectivity index is 1.26. The lowest BCUT2D eigenvalue weighted by atomic mass is 9.93. The normalized spacial score (nSPS) is 12.5. The standard InChI is InChI=1S/C43H30N2S/c1-3-13-29(14-4-1)30-15-11-16-31(25-30)32-17-12-18-33(26-32)37-27-34(28-41-42(37)36-21-7-10-24-40(36)46-41)43-44-38-22-8-9-23-39(38)45(43)35-19-5-2-6-20-35/h1-7,9-21,23-28H,8,22H2. The number of para-hydroxylation sites is 1. The maximum absolute atomic E-state index is 5.31. The Labute approximate surface area is 272 Å². The second kappa shape index (κ2) is 11.1. The van der Waals surface area contributed by atoms with Crippen LogP contribution in [0.15, 0.2) is 152 Å². The molecule has 6 aromatic carbocycles. The number of thiophene rings is 1. The smallest absolute Gasteiger partial charge is 0.145 e. The first-order valence-corrected chi connectivity index (χ1v) is 16.7. The zero-order chi connectivity index (χ0) is 30.5. The predicted octanol–water partition coefficient (Wildman–Crippen LogP) is 11.9. The zero-order valence-electron chi connectivity index (χ0n) is 25.2. The van der Waals surface area contributed by atoms with Crippen LogP contribution in [-0.4, -0.2) is 9.55 Å². The van der Waals surface area contributed by atoms with Crippen molar-refractivity contribution in [3.8, 4) is 50.5 Å². The van der Waals surface area contributed by atoms with Gasteiger partial charge in [-0.3, -0.25) is 4.57 Å². The molecule has 0 saturated heterocycles. The molecule has 46 heavy (non-hydrogen) atoms. The van der Waals surface area contributed by atoms with Crippen LogP contribution in [0, 0.1) is 0 Å². The van der Waals surface area contributed by atoms with Gasteiger partial charge in [0.05, 0.1) is 11.4 Å². The van der Waals surface area contributed by atoms with Crippen molar-refractivity contribution in [2.75, 3.05) is 0 Å². The second-order valence-electron chi connectivity index (χ2n) is 11.9. The molecule has 8 aromatic rings. The molecule has 2 aromatic heterocycles. The number of benzene rings is 6. The number of aryl methyl sites for hydroxylation is 1. The van der Waals surface area contributed by atoms with Crippen molar-refractivity contribution in [3.05, 3.63) is 163 Å². The molecule has 3 heteroatoms. The molecule has 0 amide bonds. The van der Waals surface area contributed by atoms with Crippen LogP contribution < -0.4 is 0 Å². The fraction of sp³-hybridized carbons (Fsp3) is 0.0465. The molecule has 218 valence electrons. The molecule has 2 heterocycles. The van der Waals surface area contributed by atoms with Gasteiger partial charge in [0, 0.05) is 31.4 Å². The van der Waals surface area contributed by atoms with Crippen LogP contribution >= 0.6 is 11.3 Å². The average Bonchev–Trinajstić information content (AvgIpc) is 3.71. The van der Waals surface area contributed by atoms with Gasteiger partial charge in [0.15, 0.2) is 0 Å². The van der Waals surface area contributed by atoms with E-state index in [2.05, 4.69) is 162 Å². The third kappa shape index (κ3) is 4.60. The zero-order valence-corrected chi connectivity index (χ0v) is 26.0. The van der Waals surface area contributed by atoms with Gasteiger partial charge in [-0.15, -0.1) is 11.3 Å². The van der Waals surface area contributed by atoms with Gasteiger partial charge in [-0.05, 0) is 94.8 Å². The van der Waals surface area contributed by atoms with E-state index in [1.165, 1.54) is 64.9 Å².